The minimum Gasteiger partial charge on any atom is -0.481 e. The Morgan fingerprint density at radius 1 is 1.47 bits per heavy atom. The molecule has 1 rings (SSSR count). The van der Waals surface area contributed by atoms with E-state index in [1.165, 1.54) is 0 Å². The predicted molar refractivity (Wildman–Crippen MR) is 63.3 cm³/mol. The molecule has 0 saturated carbocycles. The highest BCUT2D eigenvalue weighted by Crippen LogP contribution is 2.17. The van der Waals surface area contributed by atoms with Gasteiger partial charge in [0.2, 0.25) is 0 Å². The fourth-order valence-electron chi connectivity index (χ4n) is 1.60. The maximum atomic E-state index is 11.4. The van der Waals surface area contributed by atoms with Crippen LogP contribution >= 0.6 is 0 Å². The van der Waals surface area contributed by atoms with E-state index in [0.29, 0.717) is 19.4 Å². The maximum absolute atomic E-state index is 11.4. The molecule has 0 fully saturated rings. The van der Waals surface area contributed by atoms with E-state index in [0.717, 1.165) is 6.42 Å². The van der Waals surface area contributed by atoms with E-state index in [1.54, 1.807) is 12.2 Å². The number of terminal acetylenes is 1. The zero-order chi connectivity index (χ0) is 12.7. The largest absolute Gasteiger partial charge is 0.481 e. The van der Waals surface area contributed by atoms with Gasteiger partial charge in [-0.2, -0.15) is 0 Å². The standard InChI is InChI=1S/C12H16N2O3/c1-2-3-4-7-13-12(17)14-10-6-5-9(8-10)11(15)16/h1,5-6,9-10H,3-4,7-8H2,(H,15,16)(H2,13,14,17). The first-order valence-corrected chi connectivity index (χ1v) is 5.52. The summed E-state index contributed by atoms with van der Waals surface area (Å²) < 4.78 is 0. The van der Waals surface area contributed by atoms with Crippen molar-refractivity contribution < 1.29 is 14.7 Å². The molecule has 3 N–H and O–H groups in total. The lowest BCUT2D eigenvalue weighted by Gasteiger charge is -2.12. The zero-order valence-electron chi connectivity index (χ0n) is 9.48. The molecule has 1 aliphatic carbocycles. The first kappa shape index (κ1) is 13.1. The van der Waals surface area contributed by atoms with Crippen molar-refractivity contribution in [3.63, 3.8) is 0 Å². The Kier molecular flexibility index (Phi) is 5.08. The monoisotopic (exact) mass is 236 g/mol. The fourth-order valence-corrected chi connectivity index (χ4v) is 1.60. The van der Waals surface area contributed by atoms with Crippen LogP contribution in [0.3, 0.4) is 0 Å². The van der Waals surface area contributed by atoms with Gasteiger partial charge in [-0.3, -0.25) is 4.79 Å². The van der Waals surface area contributed by atoms with Crippen LogP contribution in [0.15, 0.2) is 12.2 Å². The van der Waals surface area contributed by atoms with Gasteiger partial charge in [-0.15, -0.1) is 12.3 Å². The Morgan fingerprint density at radius 2 is 2.24 bits per heavy atom. The summed E-state index contributed by atoms with van der Waals surface area (Å²) in [6.07, 6.45) is 10.2. The van der Waals surface area contributed by atoms with Crippen LogP contribution < -0.4 is 10.6 Å². The summed E-state index contributed by atoms with van der Waals surface area (Å²) in [5, 5.41) is 14.1. The first-order valence-electron chi connectivity index (χ1n) is 5.52. The number of carbonyl (C=O) groups is 2. The van der Waals surface area contributed by atoms with E-state index in [4.69, 9.17) is 11.5 Å². The van der Waals surface area contributed by atoms with Gasteiger partial charge in [0.1, 0.15) is 0 Å². The second-order valence-electron chi connectivity index (χ2n) is 3.88. The summed E-state index contributed by atoms with van der Waals surface area (Å²) in [6, 6.07) is -0.494. The Hall–Kier alpha value is -1.96. The van der Waals surface area contributed by atoms with Crippen molar-refractivity contribution in [2.75, 3.05) is 6.54 Å². The quantitative estimate of drug-likeness (QED) is 0.374. The van der Waals surface area contributed by atoms with Crippen molar-refractivity contribution in [1.29, 1.82) is 0 Å². The second-order valence-corrected chi connectivity index (χ2v) is 3.88. The van der Waals surface area contributed by atoms with Gasteiger partial charge in [-0.05, 0) is 12.8 Å². The molecule has 2 amide bonds. The number of carbonyl (C=O) groups excluding carboxylic acids is 1. The van der Waals surface area contributed by atoms with E-state index in [-0.39, 0.29) is 12.1 Å². The summed E-state index contributed by atoms with van der Waals surface area (Å²) in [4.78, 5) is 22.1. The SMILES string of the molecule is C#CCCCNC(=O)NC1C=CC(C(=O)O)C1. The Balaban J connectivity index is 2.18. The summed E-state index contributed by atoms with van der Waals surface area (Å²) in [7, 11) is 0. The van der Waals surface area contributed by atoms with Crippen molar-refractivity contribution in [3.05, 3.63) is 12.2 Å². The molecule has 0 radical (unpaired) electrons. The summed E-state index contributed by atoms with van der Waals surface area (Å²) in [5.74, 6) is 1.13. The van der Waals surface area contributed by atoms with E-state index >= 15 is 0 Å². The highest BCUT2D eigenvalue weighted by atomic mass is 16.4. The number of hydrogen-bond acceptors (Lipinski definition) is 2. The predicted octanol–water partition coefficient (Wildman–Crippen LogP) is 0.728. The minimum atomic E-state index is -0.861. The number of aliphatic carboxylic acids is 1. The van der Waals surface area contributed by atoms with Crippen molar-refractivity contribution >= 4 is 12.0 Å². The number of urea groups is 1. The molecule has 1 aliphatic rings. The topological polar surface area (TPSA) is 78.4 Å². The van der Waals surface area contributed by atoms with Gasteiger partial charge in [0.25, 0.3) is 0 Å². The van der Waals surface area contributed by atoms with Crippen molar-refractivity contribution in [3.8, 4) is 12.3 Å². The molecule has 0 aliphatic heterocycles. The third kappa shape index (κ3) is 4.60. The first-order chi connectivity index (χ1) is 8.13. The number of nitrogens with one attached hydrogen (secondary N) is 2. The number of carboxylic acid groups (broad SMARTS) is 1. The number of amides is 2. The van der Waals surface area contributed by atoms with E-state index in [1.807, 2.05) is 0 Å². The Labute approximate surface area is 100 Å². The van der Waals surface area contributed by atoms with Crippen molar-refractivity contribution in [2.24, 2.45) is 5.92 Å². The Morgan fingerprint density at radius 3 is 2.82 bits per heavy atom. The van der Waals surface area contributed by atoms with Crippen LogP contribution in [-0.2, 0) is 4.79 Å². The van der Waals surface area contributed by atoms with Crippen LogP contribution in [0.1, 0.15) is 19.3 Å². The van der Waals surface area contributed by atoms with Crippen LogP contribution in [0, 0.1) is 18.3 Å². The van der Waals surface area contributed by atoms with Crippen molar-refractivity contribution in [1.82, 2.24) is 10.6 Å². The van der Waals surface area contributed by atoms with Crippen LogP contribution in [0.25, 0.3) is 0 Å². The fraction of sp³-hybridized carbons (Fsp3) is 0.500. The normalized spacial score (nSPS) is 21.8. The smallest absolute Gasteiger partial charge is 0.315 e. The Bertz CT molecular complexity index is 357. The molecule has 0 aromatic heterocycles. The third-order valence-electron chi connectivity index (χ3n) is 2.50. The lowest BCUT2D eigenvalue weighted by Crippen LogP contribution is -2.41. The maximum Gasteiger partial charge on any atom is 0.315 e. The van der Waals surface area contributed by atoms with Crippen molar-refractivity contribution in [2.45, 2.75) is 25.3 Å². The molecule has 92 valence electrons. The molecule has 0 aromatic carbocycles. The molecule has 0 saturated heterocycles. The highest BCUT2D eigenvalue weighted by Gasteiger charge is 2.25. The lowest BCUT2D eigenvalue weighted by molar-refractivity contribution is -0.140. The van der Waals surface area contributed by atoms with Gasteiger partial charge >= 0.3 is 12.0 Å². The van der Waals surface area contributed by atoms with E-state index in [2.05, 4.69) is 16.6 Å². The van der Waals surface area contributed by atoms with Crippen LogP contribution in [0.2, 0.25) is 0 Å². The van der Waals surface area contributed by atoms with Gasteiger partial charge in [0.15, 0.2) is 0 Å². The summed E-state index contributed by atoms with van der Waals surface area (Å²) >= 11 is 0. The number of unbranched alkanes of at least 4 members (excludes halogenated alkanes) is 1. The highest BCUT2D eigenvalue weighted by molar-refractivity contribution is 5.76. The average Bonchev–Trinajstić information content (AvgIpc) is 2.73. The third-order valence-corrected chi connectivity index (χ3v) is 2.50. The average molecular weight is 236 g/mol. The number of carboxylic acids is 1. The van der Waals surface area contributed by atoms with Gasteiger partial charge in [-0.1, -0.05) is 12.2 Å². The molecule has 0 spiro atoms. The summed E-state index contributed by atoms with van der Waals surface area (Å²) in [6.45, 7) is 0.523. The van der Waals surface area contributed by atoms with Gasteiger partial charge in [0, 0.05) is 13.0 Å². The minimum absolute atomic E-state index is 0.205. The molecule has 2 atom stereocenters. The molecule has 0 aromatic rings. The summed E-state index contributed by atoms with van der Waals surface area (Å²) in [5.41, 5.74) is 0. The zero-order valence-corrected chi connectivity index (χ0v) is 9.48. The van der Waals surface area contributed by atoms with Crippen LogP contribution in [-0.4, -0.2) is 29.7 Å². The molecule has 17 heavy (non-hydrogen) atoms. The van der Waals surface area contributed by atoms with Gasteiger partial charge < -0.3 is 15.7 Å². The molecule has 2 unspecified atom stereocenters. The van der Waals surface area contributed by atoms with Crippen LogP contribution in [0.4, 0.5) is 4.79 Å². The van der Waals surface area contributed by atoms with Gasteiger partial charge in [-0.25, -0.2) is 4.79 Å². The van der Waals surface area contributed by atoms with Crippen LogP contribution in [0.5, 0.6) is 0 Å². The number of rotatable bonds is 5. The molecule has 0 bridgehead atoms. The molecule has 5 nitrogen and oxygen atoms in total. The molecule has 5 heteroatoms. The lowest BCUT2D eigenvalue weighted by atomic mass is 10.1. The molecular formula is C12H16N2O3. The van der Waals surface area contributed by atoms with Gasteiger partial charge in [0.05, 0.1) is 12.0 Å². The number of hydrogen-bond donors (Lipinski definition) is 3. The molecule has 0 heterocycles. The van der Waals surface area contributed by atoms with E-state index < -0.39 is 11.9 Å². The van der Waals surface area contributed by atoms with E-state index in [9.17, 15) is 9.59 Å². The molecular weight excluding hydrogens is 220 g/mol. The second kappa shape index (κ2) is 6.59.